The largest absolute Gasteiger partial charge is 0.495 e. The molecule has 1 saturated heterocycles. The van der Waals surface area contributed by atoms with Crippen LogP contribution in [0.5, 0.6) is 5.75 Å². The van der Waals surface area contributed by atoms with E-state index in [-0.39, 0.29) is 12.5 Å². The average Bonchev–Trinajstić information content (AvgIpc) is 2.46. The minimum atomic E-state index is 0.0252. The Balaban J connectivity index is 2.16. The molecule has 1 heterocycles. The molecule has 110 valence electrons. The van der Waals surface area contributed by atoms with Crippen molar-refractivity contribution in [2.45, 2.75) is 13.8 Å². The number of rotatable bonds is 3. The number of anilines is 1. The summed E-state index contributed by atoms with van der Waals surface area (Å²) in [6, 6.07) is 4.22. The second kappa shape index (κ2) is 6.13. The first-order valence-electron chi connectivity index (χ1n) is 6.95. The van der Waals surface area contributed by atoms with Crippen molar-refractivity contribution in [3.8, 4) is 5.75 Å². The highest BCUT2D eigenvalue weighted by Crippen LogP contribution is 2.33. The van der Waals surface area contributed by atoms with Crippen molar-refractivity contribution >= 4 is 11.6 Å². The zero-order valence-corrected chi connectivity index (χ0v) is 12.5. The first-order chi connectivity index (χ1) is 9.56. The molecule has 0 aliphatic carbocycles. The normalized spacial score (nSPS) is 15.4. The summed E-state index contributed by atoms with van der Waals surface area (Å²) in [5.41, 5.74) is 8.95. The van der Waals surface area contributed by atoms with Gasteiger partial charge in [0.25, 0.3) is 0 Å². The van der Waals surface area contributed by atoms with Crippen molar-refractivity contribution in [2.24, 2.45) is 5.73 Å². The molecule has 0 aromatic heterocycles. The number of hydrogen-bond donors (Lipinski definition) is 1. The molecular formula is C15H23N3O2. The zero-order valence-electron chi connectivity index (χ0n) is 12.5. The highest BCUT2D eigenvalue weighted by Gasteiger charge is 2.23. The molecular weight excluding hydrogens is 254 g/mol. The van der Waals surface area contributed by atoms with Gasteiger partial charge < -0.3 is 20.3 Å². The maximum absolute atomic E-state index is 11.6. The van der Waals surface area contributed by atoms with Gasteiger partial charge in [-0.15, -0.1) is 0 Å². The summed E-state index contributed by atoms with van der Waals surface area (Å²) >= 11 is 0. The van der Waals surface area contributed by atoms with Crippen molar-refractivity contribution in [2.75, 3.05) is 44.7 Å². The number of carbonyl (C=O) groups is 1. The molecule has 5 nitrogen and oxygen atoms in total. The molecule has 2 N–H and O–H groups in total. The molecule has 1 fully saturated rings. The van der Waals surface area contributed by atoms with E-state index in [1.54, 1.807) is 7.11 Å². The topological polar surface area (TPSA) is 58.8 Å². The summed E-state index contributed by atoms with van der Waals surface area (Å²) in [4.78, 5) is 15.7. The minimum absolute atomic E-state index is 0.0252. The standard InChI is InChI=1S/C15H23N3O2/c1-11-8-12(2)15(13(9-11)20-3)18-6-4-17(5-7-18)14(19)10-16/h8-9H,4-7,10,16H2,1-3H3. The van der Waals surface area contributed by atoms with Crippen LogP contribution in [0.15, 0.2) is 12.1 Å². The van der Waals surface area contributed by atoms with Crippen molar-refractivity contribution in [3.05, 3.63) is 23.3 Å². The number of piperazine rings is 1. The molecule has 1 aromatic carbocycles. The Kier molecular flexibility index (Phi) is 4.49. The predicted octanol–water partition coefficient (Wildman–Crippen LogP) is 0.919. The van der Waals surface area contributed by atoms with Crippen LogP contribution in [0.2, 0.25) is 0 Å². The number of nitrogens with two attached hydrogens (primary N) is 1. The lowest BCUT2D eigenvalue weighted by atomic mass is 10.1. The number of benzene rings is 1. The first kappa shape index (κ1) is 14.7. The van der Waals surface area contributed by atoms with Gasteiger partial charge in [0.15, 0.2) is 0 Å². The van der Waals surface area contributed by atoms with Crippen molar-refractivity contribution in [3.63, 3.8) is 0 Å². The van der Waals surface area contributed by atoms with E-state index in [4.69, 9.17) is 10.5 Å². The Morgan fingerprint density at radius 1 is 1.25 bits per heavy atom. The van der Waals surface area contributed by atoms with Gasteiger partial charge in [0, 0.05) is 26.2 Å². The van der Waals surface area contributed by atoms with E-state index in [1.807, 2.05) is 4.90 Å². The highest BCUT2D eigenvalue weighted by molar-refractivity contribution is 5.78. The number of methoxy groups -OCH3 is 1. The van der Waals surface area contributed by atoms with E-state index in [0.29, 0.717) is 13.1 Å². The number of ether oxygens (including phenoxy) is 1. The first-order valence-corrected chi connectivity index (χ1v) is 6.95. The zero-order chi connectivity index (χ0) is 14.7. The Bertz CT molecular complexity index is 494. The molecule has 1 amide bonds. The van der Waals surface area contributed by atoms with E-state index < -0.39 is 0 Å². The van der Waals surface area contributed by atoms with Gasteiger partial charge in [-0.05, 0) is 31.0 Å². The van der Waals surface area contributed by atoms with Crippen LogP contribution in [-0.4, -0.2) is 50.6 Å². The molecule has 0 bridgehead atoms. The Labute approximate surface area is 120 Å². The van der Waals surface area contributed by atoms with Crippen LogP contribution < -0.4 is 15.4 Å². The highest BCUT2D eigenvalue weighted by atomic mass is 16.5. The van der Waals surface area contributed by atoms with Gasteiger partial charge in [0.1, 0.15) is 5.75 Å². The van der Waals surface area contributed by atoms with E-state index in [2.05, 4.69) is 30.9 Å². The second-order valence-electron chi connectivity index (χ2n) is 5.20. The number of amides is 1. The van der Waals surface area contributed by atoms with E-state index in [1.165, 1.54) is 11.1 Å². The number of carbonyl (C=O) groups excluding carboxylic acids is 1. The third kappa shape index (κ3) is 2.88. The lowest BCUT2D eigenvalue weighted by molar-refractivity contribution is -0.129. The van der Waals surface area contributed by atoms with Gasteiger partial charge in [-0.2, -0.15) is 0 Å². The van der Waals surface area contributed by atoms with Gasteiger partial charge in [-0.1, -0.05) is 6.07 Å². The quantitative estimate of drug-likeness (QED) is 0.892. The van der Waals surface area contributed by atoms with Crippen LogP contribution in [0.3, 0.4) is 0 Å². The van der Waals surface area contributed by atoms with Gasteiger partial charge in [0.2, 0.25) is 5.91 Å². The lowest BCUT2D eigenvalue weighted by Crippen LogP contribution is -2.50. The third-order valence-electron chi connectivity index (χ3n) is 3.75. The van der Waals surface area contributed by atoms with E-state index in [9.17, 15) is 4.79 Å². The van der Waals surface area contributed by atoms with Crippen LogP contribution >= 0.6 is 0 Å². The number of nitrogens with zero attached hydrogens (tertiary/aromatic N) is 2. The van der Waals surface area contributed by atoms with Gasteiger partial charge in [-0.3, -0.25) is 4.79 Å². The van der Waals surface area contributed by atoms with E-state index in [0.717, 1.165) is 24.5 Å². The van der Waals surface area contributed by atoms with Gasteiger partial charge in [0.05, 0.1) is 19.3 Å². The summed E-state index contributed by atoms with van der Waals surface area (Å²) in [7, 11) is 1.70. The molecule has 0 spiro atoms. The fraction of sp³-hybridized carbons (Fsp3) is 0.533. The van der Waals surface area contributed by atoms with E-state index >= 15 is 0 Å². The van der Waals surface area contributed by atoms with Gasteiger partial charge >= 0.3 is 0 Å². The Hall–Kier alpha value is -1.75. The van der Waals surface area contributed by atoms with Crippen LogP contribution in [0, 0.1) is 13.8 Å². The molecule has 1 aromatic rings. The second-order valence-corrected chi connectivity index (χ2v) is 5.20. The average molecular weight is 277 g/mol. The van der Waals surface area contributed by atoms with Gasteiger partial charge in [-0.25, -0.2) is 0 Å². The van der Waals surface area contributed by atoms with Crippen LogP contribution in [-0.2, 0) is 4.79 Å². The number of hydrogen-bond acceptors (Lipinski definition) is 4. The lowest BCUT2D eigenvalue weighted by Gasteiger charge is -2.37. The van der Waals surface area contributed by atoms with Crippen molar-refractivity contribution in [1.82, 2.24) is 4.90 Å². The minimum Gasteiger partial charge on any atom is -0.495 e. The predicted molar refractivity (Wildman–Crippen MR) is 80.3 cm³/mol. The summed E-state index contributed by atoms with van der Waals surface area (Å²) < 4.78 is 5.51. The molecule has 1 aliphatic heterocycles. The molecule has 0 radical (unpaired) electrons. The molecule has 2 rings (SSSR count). The monoisotopic (exact) mass is 277 g/mol. The third-order valence-corrected chi connectivity index (χ3v) is 3.75. The Morgan fingerprint density at radius 3 is 2.45 bits per heavy atom. The summed E-state index contributed by atoms with van der Waals surface area (Å²) in [5, 5.41) is 0. The molecule has 0 atom stereocenters. The van der Waals surface area contributed by atoms with Crippen molar-refractivity contribution in [1.29, 1.82) is 0 Å². The van der Waals surface area contributed by atoms with Crippen LogP contribution in [0.4, 0.5) is 5.69 Å². The fourth-order valence-corrected chi connectivity index (χ4v) is 2.79. The molecule has 1 aliphatic rings. The van der Waals surface area contributed by atoms with Crippen LogP contribution in [0.25, 0.3) is 0 Å². The number of aryl methyl sites for hydroxylation is 2. The molecule has 0 saturated carbocycles. The maximum Gasteiger partial charge on any atom is 0.236 e. The molecule has 0 unspecified atom stereocenters. The molecule has 5 heteroatoms. The van der Waals surface area contributed by atoms with Crippen molar-refractivity contribution < 1.29 is 9.53 Å². The Morgan fingerprint density at radius 2 is 1.90 bits per heavy atom. The maximum atomic E-state index is 11.6. The summed E-state index contributed by atoms with van der Waals surface area (Å²) in [6.45, 7) is 7.31. The summed E-state index contributed by atoms with van der Waals surface area (Å²) in [6.07, 6.45) is 0. The smallest absolute Gasteiger partial charge is 0.236 e. The van der Waals surface area contributed by atoms with Crippen LogP contribution in [0.1, 0.15) is 11.1 Å². The molecule has 20 heavy (non-hydrogen) atoms. The SMILES string of the molecule is COc1cc(C)cc(C)c1N1CCN(C(=O)CN)CC1. The fourth-order valence-electron chi connectivity index (χ4n) is 2.79. The summed E-state index contributed by atoms with van der Waals surface area (Å²) in [5.74, 6) is 0.929.